The molecule has 0 aliphatic carbocycles. The number of unbranched alkanes of at least 4 members (excludes halogenated alkanes) is 12. The summed E-state index contributed by atoms with van der Waals surface area (Å²) >= 11 is 3.99. The number of carbonyl (C=O) groups excluding carboxylic acids is 4. The van der Waals surface area contributed by atoms with Crippen molar-refractivity contribution in [1.29, 1.82) is 0 Å². The van der Waals surface area contributed by atoms with Crippen LogP contribution in [0.1, 0.15) is 110 Å². The molecule has 3 atom stereocenters. The molecule has 248 valence electrons. The molecule has 2 unspecified atom stereocenters. The van der Waals surface area contributed by atoms with Crippen LogP contribution in [-0.2, 0) is 33.5 Å². The van der Waals surface area contributed by atoms with E-state index in [1.807, 2.05) is 0 Å². The highest BCUT2D eigenvalue weighted by molar-refractivity contribution is 7.80. The normalized spacial score (nSPS) is 12.9. The highest BCUT2D eigenvalue weighted by Gasteiger charge is 2.24. The summed E-state index contributed by atoms with van der Waals surface area (Å²) in [5, 5.41) is 25.1. The van der Waals surface area contributed by atoms with E-state index in [1.54, 1.807) is 0 Å². The maximum atomic E-state index is 12.3. The molecule has 0 aromatic heterocycles. The van der Waals surface area contributed by atoms with Crippen molar-refractivity contribution in [2.75, 3.05) is 18.9 Å². The molecule has 0 saturated heterocycles. The predicted molar refractivity (Wildman–Crippen MR) is 164 cm³/mol. The lowest BCUT2D eigenvalue weighted by molar-refractivity contribution is -0.150. The molecule has 3 amide bonds. The molecule has 0 spiro atoms. The summed E-state index contributed by atoms with van der Waals surface area (Å²) in [6.07, 6.45) is 15.0. The third-order valence-corrected chi connectivity index (χ3v) is 7.16. The number of esters is 1. The number of thiol groups is 1. The first-order chi connectivity index (χ1) is 20.5. The topological polar surface area (TPSA) is 214 Å². The van der Waals surface area contributed by atoms with Gasteiger partial charge in [-0.2, -0.15) is 12.6 Å². The van der Waals surface area contributed by atoms with E-state index in [1.165, 1.54) is 57.8 Å². The van der Waals surface area contributed by atoms with Crippen LogP contribution in [0, 0.1) is 0 Å². The van der Waals surface area contributed by atoms with E-state index in [2.05, 4.69) is 35.5 Å². The molecule has 0 radical (unpaired) electrons. The fraction of sp³-hybridized carbons (Fsp3) is 0.793. The van der Waals surface area contributed by atoms with Crippen LogP contribution in [0.4, 0.5) is 0 Å². The molecule has 14 heteroatoms. The lowest BCUT2D eigenvalue weighted by Crippen LogP contribution is -2.49. The number of carboxylic acids is 2. The smallest absolute Gasteiger partial charge is 0.329 e. The number of hydrogen-bond acceptors (Lipinski definition) is 9. The largest absolute Gasteiger partial charge is 0.480 e. The minimum Gasteiger partial charge on any atom is -0.480 e. The number of nitrogens with two attached hydrogens (primary N) is 1. The second-order valence-corrected chi connectivity index (χ2v) is 11.0. The first-order valence-electron chi connectivity index (χ1n) is 15.4. The maximum absolute atomic E-state index is 12.3. The molecule has 0 aromatic carbocycles. The lowest BCUT2D eigenvalue weighted by Gasteiger charge is -2.17. The first kappa shape index (κ1) is 40.1. The quantitative estimate of drug-likeness (QED) is 0.0398. The first-order valence-corrected chi connectivity index (χ1v) is 16.0. The van der Waals surface area contributed by atoms with Crippen LogP contribution in [0.3, 0.4) is 0 Å². The SMILES string of the molecule is CCCCCCCCCCCCCCCC(=O)N[C@@H](COC(=O)CNC(=O)C(CS)NC(=O)CCC(N)C(=O)O)C(=O)O. The van der Waals surface area contributed by atoms with Crippen molar-refractivity contribution in [3.8, 4) is 0 Å². The molecular formula is C29H52N4O9S. The number of ether oxygens (including phenoxy) is 1. The second kappa shape index (κ2) is 25.6. The zero-order chi connectivity index (χ0) is 32.5. The summed E-state index contributed by atoms with van der Waals surface area (Å²) in [6.45, 7) is 0.990. The van der Waals surface area contributed by atoms with E-state index in [0.717, 1.165) is 19.3 Å². The van der Waals surface area contributed by atoms with Crippen molar-refractivity contribution in [2.45, 2.75) is 128 Å². The van der Waals surface area contributed by atoms with Gasteiger partial charge in [0.25, 0.3) is 0 Å². The monoisotopic (exact) mass is 632 g/mol. The lowest BCUT2D eigenvalue weighted by atomic mass is 10.0. The van der Waals surface area contributed by atoms with E-state index in [-0.39, 0.29) is 25.0 Å². The molecule has 7 N–H and O–H groups in total. The molecule has 43 heavy (non-hydrogen) atoms. The minimum atomic E-state index is -1.43. The molecule has 13 nitrogen and oxygen atoms in total. The summed E-state index contributed by atoms with van der Waals surface area (Å²) in [5.41, 5.74) is 5.34. The second-order valence-electron chi connectivity index (χ2n) is 10.6. The van der Waals surface area contributed by atoms with Gasteiger partial charge in [-0.05, 0) is 12.8 Å². The number of aliphatic carboxylic acids is 2. The number of rotatable bonds is 27. The molecule has 0 aromatic rings. The molecule has 0 rings (SSSR count). The third kappa shape index (κ3) is 22.3. The van der Waals surface area contributed by atoms with Crippen molar-refractivity contribution in [1.82, 2.24) is 16.0 Å². The van der Waals surface area contributed by atoms with Crippen molar-refractivity contribution in [3.63, 3.8) is 0 Å². The standard InChI is InChI=1S/C29H52N4O9S/c1-2-3-4-5-6-7-8-9-10-11-12-13-14-15-24(34)32-22(29(40)41)19-42-26(36)18-31-27(37)23(20-43)33-25(35)17-16-21(30)28(38)39/h21-23,43H,2-20,30H2,1H3,(H,31,37)(H,32,34)(H,33,35)(H,38,39)(H,40,41)/t21?,22-,23?/m0/s1. The van der Waals surface area contributed by atoms with Gasteiger partial charge in [0.1, 0.15) is 25.2 Å². The number of amides is 3. The van der Waals surface area contributed by atoms with Gasteiger partial charge in [0.15, 0.2) is 6.04 Å². The van der Waals surface area contributed by atoms with Gasteiger partial charge >= 0.3 is 17.9 Å². The van der Waals surface area contributed by atoms with Crippen LogP contribution in [0.5, 0.6) is 0 Å². The molecule has 0 aliphatic rings. The van der Waals surface area contributed by atoms with Gasteiger partial charge in [0.2, 0.25) is 17.7 Å². The van der Waals surface area contributed by atoms with E-state index in [4.69, 9.17) is 15.6 Å². The van der Waals surface area contributed by atoms with Crippen LogP contribution in [-0.4, -0.2) is 82.9 Å². The van der Waals surface area contributed by atoms with Crippen LogP contribution in [0.25, 0.3) is 0 Å². The van der Waals surface area contributed by atoms with E-state index < -0.39 is 66.9 Å². The van der Waals surface area contributed by atoms with Gasteiger partial charge in [-0.3, -0.25) is 24.0 Å². The Kier molecular flexibility index (Phi) is 23.9. The number of nitrogens with one attached hydrogen (secondary N) is 3. The Labute approximate surface area is 260 Å². The van der Waals surface area contributed by atoms with Gasteiger partial charge in [-0.25, -0.2) is 4.79 Å². The Bertz CT molecular complexity index is 860. The summed E-state index contributed by atoms with van der Waals surface area (Å²) in [6, 6.07) is -3.76. The molecular weight excluding hydrogens is 580 g/mol. The van der Waals surface area contributed by atoms with Crippen LogP contribution < -0.4 is 21.7 Å². The Morgan fingerprint density at radius 1 is 0.721 bits per heavy atom. The van der Waals surface area contributed by atoms with Crippen molar-refractivity contribution in [2.24, 2.45) is 5.73 Å². The molecule has 0 saturated carbocycles. The van der Waals surface area contributed by atoms with E-state index >= 15 is 0 Å². The summed E-state index contributed by atoms with van der Waals surface area (Å²) in [7, 11) is 0. The predicted octanol–water partition coefficient (Wildman–Crippen LogP) is 2.30. The van der Waals surface area contributed by atoms with Gasteiger partial charge in [0.05, 0.1) is 0 Å². The number of carboxylic acid groups (broad SMARTS) is 2. The number of carbonyl (C=O) groups is 6. The fourth-order valence-electron chi connectivity index (χ4n) is 4.12. The number of hydrogen-bond donors (Lipinski definition) is 7. The molecule has 0 heterocycles. The van der Waals surface area contributed by atoms with E-state index in [9.17, 15) is 33.9 Å². The van der Waals surface area contributed by atoms with Crippen molar-refractivity contribution in [3.05, 3.63) is 0 Å². The Hall–Kier alpha value is -2.87. The highest BCUT2D eigenvalue weighted by Crippen LogP contribution is 2.13. The average molecular weight is 633 g/mol. The van der Waals surface area contributed by atoms with Gasteiger partial charge in [-0.15, -0.1) is 0 Å². The Morgan fingerprint density at radius 2 is 1.21 bits per heavy atom. The van der Waals surface area contributed by atoms with Crippen molar-refractivity contribution < 1.29 is 43.7 Å². The average Bonchev–Trinajstić information content (AvgIpc) is 2.97. The fourth-order valence-corrected chi connectivity index (χ4v) is 4.38. The summed E-state index contributed by atoms with van der Waals surface area (Å²) < 4.78 is 4.90. The Morgan fingerprint density at radius 3 is 1.70 bits per heavy atom. The molecule has 0 fully saturated rings. The van der Waals surface area contributed by atoms with Gasteiger partial charge in [-0.1, -0.05) is 84.0 Å². The van der Waals surface area contributed by atoms with Crippen LogP contribution >= 0.6 is 12.6 Å². The van der Waals surface area contributed by atoms with Gasteiger partial charge in [0, 0.05) is 18.6 Å². The zero-order valence-corrected chi connectivity index (χ0v) is 26.3. The van der Waals surface area contributed by atoms with Gasteiger partial charge < -0.3 is 36.6 Å². The van der Waals surface area contributed by atoms with Crippen molar-refractivity contribution >= 4 is 48.3 Å². The minimum absolute atomic E-state index is 0.107. The van der Waals surface area contributed by atoms with Crippen LogP contribution in [0.2, 0.25) is 0 Å². The van der Waals surface area contributed by atoms with Crippen LogP contribution in [0.15, 0.2) is 0 Å². The van der Waals surface area contributed by atoms with E-state index in [0.29, 0.717) is 6.42 Å². The highest BCUT2D eigenvalue weighted by atomic mass is 32.1. The Balaban J connectivity index is 4.16. The molecule has 0 aliphatic heterocycles. The summed E-state index contributed by atoms with van der Waals surface area (Å²) in [4.78, 5) is 70.6. The maximum Gasteiger partial charge on any atom is 0.329 e. The molecule has 0 bridgehead atoms. The summed E-state index contributed by atoms with van der Waals surface area (Å²) in [5.74, 6) is -5.48. The third-order valence-electron chi connectivity index (χ3n) is 6.79. The zero-order valence-electron chi connectivity index (χ0n) is 25.4.